The molecule has 0 bridgehead atoms. The van der Waals surface area contributed by atoms with E-state index in [-0.39, 0.29) is 18.0 Å². The van der Waals surface area contributed by atoms with Gasteiger partial charge in [-0.2, -0.15) is 13.2 Å². The summed E-state index contributed by atoms with van der Waals surface area (Å²) in [5, 5.41) is 2.87. The van der Waals surface area contributed by atoms with Crippen molar-refractivity contribution < 1.29 is 17.9 Å². The van der Waals surface area contributed by atoms with E-state index in [1.165, 1.54) is 0 Å². The van der Waals surface area contributed by atoms with E-state index in [0.717, 1.165) is 18.8 Å². The van der Waals surface area contributed by atoms with Crippen molar-refractivity contribution in [2.24, 2.45) is 0 Å². The van der Waals surface area contributed by atoms with Crippen molar-refractivity contribution in [1.29, 1.82) is 0 Å². The zero-order valence-corrected chi connectivity index (χ0v) is 12.0. The molecule has 1 saturated heterocycles. The molecule has 2 unspecified atom stereocenters. The van der Waals surface area contributed by atoms with E-state index in [1.807, 2.05) is 6.92 Å². The van der Waals surface area contributed by atoms with Gasteiger partial charge in [0.2, 0.25) is 5.95 Å². The summed E-state index contributed by atoms with van der Waals surface area (Å²) in [6.45, 7) is 6.72. The van der Waals surface area contributed by atoms with Crippen LogP contribution in [0.25, 0.3) is 0 Å². The molecule has 0 amide bonds. The third kappa shape index (κ3) is 4.28. The highest BCUT2D eigenvalue weighted by atomic mass is 19.4. The molecule has 2 heterocycles. The maximum atomic E-state index is 12.6. The fourth-order valence-corrected chi connectivity index (χ4v) is 2.35. The quantitative estimate of drug-likeness (QED) is 0.922. The summed E-state index contributed by atoms with van der Waals surface area (Å²) in [7, 11) is 0. The number of nitrogens with zero attached hydrogens (tertiary/aromatic N) is 3. The lowest BCUT2D eigenvalue weighted by Gasteiger charge is -2.37. The van der Waals surface area contributed by atoms with E-state index < -0.39 is 11.9 Å². The molecular weight excluding hydrogens is 285 g/mol. The monoisotopic (exact) mass is 304 g/mol. The summed E-state index contributed by atoms with van der Waals surface area (Å²) in [4.78, 5) is 9.57. The van der Waals surface area contributed by atoms with E-state index >= 15 is 0 Å². The molecule has 0 aliphatic carbocycles. The number of alkyl halides is 3. The van der Waals surface area contributed by atoms with Crippen LogP contribution in [0.3, 0.4) is 0 Å². The van der Waals surface area contributed by atoms with Crippen molar-refractivity contribution in [3.05, 3.63) is 18.0 Å². The van der Waals surface area contributed by atoms with Gasteiger partial charge in [0.05, 0.1) is 13.2 Å². The smallest absolute Gasteiger partial charge is 0.379 e. The first-order valence-electron chi connectivity index (χ1n) is 6.85. The van der Waals surface area contributed by atoms with Crippen LogP contribution in [0.15, 0.2) is 12.3 Å². The fraction of sp³-hybridized carbons (Fsp3) is 0.692. The summed E-state index contributed by atoms with van der Waals surface area (Å²) in [5.41, 5.74) is -0.938. The lowest BCUT2D eigenvalue weighted by Crippen LogP contribution is -2.50. The number of ether oxygens (including phenoxy) is 1. The Balaban J connectivity index is 1.93. The average molecular weight is 304 g/mol. The van der Waals surface area contributed by atoms with Gasteiger partial charge >= 0.3 is 6.18 Å². The molecule has 2 atom stereocenters. The summed E-state index contributed by atoms with van der Waals surface area (Å²) in [6.07, 6.45) is -3.34. The van der Waals surface area contributed by atoms with Crippen molar-refractivity contribution in [2.45, 2.75) is 32.1 Å². The zero-order chi connectivity index (χ0) is 15.5. The molecule has 118 valence electrons. The Labute approximate surface area is 121 Å². The zero-order valence-electron chi connectivity index (χ0n) is 12.0. The van der Waals surface area contributed by atoms with Gasteiger partial charge in [0, 0.05) is 31.4 Å². The van der Waals surface area contributed by atoms with Crippen LogP contribution >= 0.6 is 0 Å². The Kier molecular flexibility index (Phi) is 5.00. The number of anilines is 1. The van der Waals surface area contributed by atoms with Gasteiger partial charge in [-0.15, -0.1) is 0 Å². The number of hydrogen-bond donors (Lipinski definition) is 1. The van der Waals surface area contributed by atoms with Crippen molar-refractivity contribution in [2.75, 3.05) is 31.6 Å². The minimum absolute atomic E-state index is 0.00223. The molecule has 1 N–H and O–H groups in total. The first-order chi connectivity index (χ1) is 9.88. The minimum atomic E-state index is -4.45. The lowest BCUT2D eigenvalue weighted by molar-refractivity contribution is -0.141. The molecule has 1 aromatic rings. The van der Waals surface area contributed by atoms with Gasteiger partial charge in [-0.3, -0.25) is 4.90 Å². The number of hydrogen-bond acceptors (Lipinski definition) is 5. The third-order valence-electron chi connectivity index (χ3n) is 3.49. The molecule has 1 fully saturated rings. The second-order valence-electron chi connectivity index (χ2n) is 5.15. The van der Waals surface area contributed by atoms with E-state index in [0.29, 0.717) is 19.8 Å². The van der Waals surface area contributed by atoms with Crippen LogP contribution in [0.4, 0.5) is 19.1 Å². The molecular formula is C13H19F3N4O. The lowest BCUT2D eigenvalue weighted by atomic mass is 10.2. The highest BCUT2D eigenvalue weighted by Crippen LogP contribution is 2.27. The Morgan fingerprint density at radius 2 is 2.29 bits per heavy atom. The number of rotatable bonds is 4. The Hall–Kier alpha value is -1.41. The molecule has 0 aromatic carbocycles. The normalized spacial score (nSPS) is 22.0. The van der Waals surface area contributed by atoms with E-state index in [9.17, 15) is 13.2 Å². The Bertz CT molecular complexity index is 469. The summed E-state index contributed by atoms with van der Waals surface area (Å²) in [5.74, 6) is -0.00223. The van der Waals surface area contributed by atoms with Crippen LogP contribution in [0.2, 0.25) is 0 Å². The fourth-order valence-electron chi connectivity index (χ4n) is 2.35. The minimum Gasteiger partial charge on any atom is -0.379 e. The first-order valence-corrected chi connectivity index (χ1v) is 6.85. The number of halogens is 3. The molecule has 0 spiro atoms. The first kappa shape index (κ1) is 16.0. The molecule has 0 radical (unpaired) electrons. The standard InChI is InChI=1S/C13H19F3N4O/c1-9(20-5-6-21-8-10(20)2)7-18-12-17-4-3-11(19-12)13(14,15)16/h3-4,9-10H,5-8H2,1-2H3,(H,17,18,19). The van der Waals surface area contributed by atoms with Gasteiger partial charge in [0.15, 0.2) is 0 Å². The summed E-state index contributed by atoms with van der Waals surface area (Å²) < 4.78 is 43.1. The van der Waals surface area contributed by atoms with Gasteiger partial charge in [-0.1, -0.05) is 0 Å². The molecule has 1 aliphatic heterocycles. The maximum Gasteiger partial charge on any atom is 0.433 e. The molecule has 2 rings (SSSR count). The molecule has 1 aliphatic rings. The summed E-state index contributed by atoms with van der Waals surface area (Å²) in [6, 6.07) is 1.30. The largest absolute Gasteiger partial charge is 0.433 e. The van der Waals surface area contributed by atoms with Crippen molar-refractivity contribution >= 4 is 5.95 Å². The van der Waals surface area contributed by atoms with E-state index in [2.05, 4.69) is 27.1 Å². The number of morpholine rings is 1. The van der Waals surface area contributed by atoms with Gasteiger partial charge in [0.25, 0.3) is 0 Å². The van der Waals surface area contributed by atoms with Gasteiger partial charge in [-0.25, -0.2) is 9.97 Å². The van der Waals surface area contributed by atoms with Crippen LogP contribution in [-0.4, -0.2) is 53.3 Å². The highest BCUT2D eigenvalue weighted by Gasteiger charge is 2.32. The average Bonchev–Trinajstić information content (AvgIpc) is 2.45. The molecule has 1 aromatic heterocycles. The SMILES string of the molecule is CC(CNc1nccc(C(F)(F)F)n1)N1CCOCC1C. The van der Waals surface area contributed by atoms with Crippen molar-refractivity contribution in [3.63, 3.8) is 0 Å². The predicted octanol–water partition coefficient (Wildman–Crippen LogP) is 2.02. The molecule has 21 heavy (non-hydrogen) atoms. The molecule has 0 saturated carbocycles. The second-order valence-corrected chi connectivity index (χ2v) is 5.15. The van der Waals surface area contributed by atoms with Gasteiger partial charge in [-0.05, 0) is 19.9 Å². The van der Waals surface area contributed by atoms with E-state index in [4.69, 9.17) is 4.74 Å². The number of aromatic nitrogens is 2. The van der Waals surface area contributed by atoms with Gasteiger partial charge < -0.3 is 10.1 Å². The second kappa shape index (κ2) is 6.57. The highest BCUT2D eigenvalue weighted by molar-refractivity contribution is 5.26. The van der Waals surface area contributed by atoms with E-state index in [1.54, 1.807) is 0 Å². The van der Waals surface area contributed by atoms with Crippen molar-refractivity contribution in [3.8, 4) is 0 Å². The topological polar surface area (TPSA) is 50.3 Å². The molecule has 5 nitrogen and oxygen atoms in total. The van der Waals surface area contributed by atoms with Crippen LogP contribution in [-0.2, 0) is 10.9 Å². The van der Waals surface area contributed by atoms with Crippen LogP contribution in [0, 0.1) is 0 Å². The predicted molar refractivity (Wildman–Crippen MR) is 72.0 cm³/mol. The number of nitrogens with one attached hydrogen (secondary N) is 1. The van der Waals surface area contributed by atoms with Crippen LogP contribution in [0.1, 0.15) is 19.5 Å². The van der Waals surface area contributed by atoms with Crippen LogP contribution < -0.4 is 5.32 Å². The van der Waals surface area contributed by atoms with Crippen molar-refractivity contribution in [1.82, 2.24) is 14.9 Å². The Morgan fingerprint density at radius 3 is 2.95 bits per heavy atom. The van der Waals surface area contributed by atoms with Gasteiger partial charge in [0.1, 0.15) is 5.69 Å². The van der Waals surface area contributed by atoms with Crippen LogP contribution in [0.5, 0.6) is 0 Å². The maximum absolute atomic E-state index is 12.6. The Morgan fingerprint density at radius 1 is 1.52 bits per heavy atom. The molecule has 8 heteroatoms. The third-order valence-corrected chi connectivity index (χ3v) is 3.49. The summed E-state index contributed by atoms with van der Waals surface area (Å²) >= 11 is 0.